The minimum absolute atomic E-state index is 0.191. The summed E-state index contributed by atoms with van der Waals surface area (Å²) in [5, 5.41) is 34.5. The summed E-state index contributed by atoms with van der Waals surface area (Å²) >= 11 is 0. The normalized spacial score (nSPS) is 11.1. The molecule has 3 heterocycles. The molecule has 4 rings (SSSR count). The van der Waals surface area contributed by atoms with Crippen LogP contribution in [0, 0.1) is 0 Å². The highest BCUT2D eigenvalue weighted by Crippen LogP contribution is 2.33. The number of carbonyl (C=O) groups is 2. The van der Waals surface area contributed by atoms with E-state index in [4.69, 9.17) is 5.11 Å². The van der Waals surface area contributed by atoms with Gasteiger partial charge in [-0.25, -0.2) is 9.50 Å². The van der Waals surface area contributed by atoms with Crippen molar-refractivity contribution < 1.29 is 19.8 Å². The van der Waals surface area contributed by atoms with Crippen LogP contribution in [0.4, 0.5) is 0 Å². The van der Waals surface area contributed by atoms with Crippen LogP contribution in [0.25, 0.3) is 27.7 Å². The molecule has 0 radical (unpaired) electrons. The molecule has 4 aromatic rings. The fraction of sp³-hybridized carbons (Fsp3) is 0.125. The summed E-state index contributed by atoms with van der Waals surface area (Å²) in [5.41, 5.74) is 1.54. The lowest BCUT2D eigenvalue weighted by Crippen LogP contribution is -2.31. The number of amides is 1. The molecule has 0 aliphatic heterocycles. The van der Waals surface area contributed by atoms with E-state index in [1.807, 2.05) is 0 Å². The van der Waals surface area contributed by atoms with Crippen molar-refractivity contribution in [1.29, 1.82) is 0 Å². The number of hydrogen-bond acceptors (Lipinski definition) is 7. The molecular weight excluding hydrogens is 354 g/mol. The third-order valence-corrected chi connectivity index (χ3v) is 4.01. The first-order chi connectivity index (χ1) is 13.0. The zero-order chi connectivity index (χ0) is 19.1. The van der Waals surface area contributed by atoms with Gasteiger partial charge in [-0.2, -0.15) is 5.10 Å². The molecule has 0 aliphatic rings. The molecule has 27 heavy (non-hydrogen) atoms. The van der Waals surface area contributed by atoms with E-state index in [9.17, 15) is 14.7 Å². The summed E-state index contributed by atoms with van der Waals surface area (Å²) in [6.07, 6.45) is 2.99. The molecule has 1 amide bonds. The van der Waals surface area contributed by atoms with Gasteiger partial charge in [0.15, 0.2) is 17.1 Å². The Hall–Kier alpha value is -4.02. The fourth-order valence-electron chi connectivity index (χ4n) is 2.83. The number of hydrogen-bond donors (Lipinski definition) is 3. The molecular formula is C16H13N7O4. The molecule has 0 saturated heterocycles. The minimum atomic E-state index is -1.20. The Morgan fingerprint density at radius 2 is 2.07 bits per heavy atom. The molecule has 0 atom stereocenters. The van der Waals surface area contributed by atoms with Gasteiger partial charge in [0.1, 0.15) is 18.6 Å². The first-order valence-electron chi connectivity index (χ1n) is 7.81. The van der Waals surface area contributed by atoms with Gasteiger partial charge >= 0.3 is 5.97 Å². The van der Waals surface area contributed by atoms with Gasteiger partial charge in [-0.05, 0) is 12.1 Å². The van der Waals surface area contributed by atoms with E-state index in [1.54, 1.807) is 36.1 Å². The lowest BCUT2D eigenvalue weighted by molar-refractivity contribution is -0.135. The number of aliphatic carboxylic acids is 1. The van der Waals surface area contributed by atoms with Gasteiger partial charge in [-0.15, -0.1) is 5.10 Å². The average Bonchev–Trinajstić information content (AvgIpc) is 3.29. The molecule has 0 spiro atoms. The molecule has 0 bridgehead atoms. The topological polar surface area (TPSA) is 148 Å². The van der Waals surface area contributed by atoms with Gasteiger partial charge in [-0.1, -0.05) is 11.3 Å². The van der Waals surface area contributed by atoms with Crippen LogP contribution in [0.1, 0.15) is 10.5 Å². The van der Waals surface area contributed by atoms with Crippen LogP contribution < -0.4 is 5.32 Å². The van der Waals surface area contributed by atoms with Gasteiger partial charge < -0.3 is 15.5 Å². The van der Waals surface area contributed by atoms with Crippen molar-refractivity contribution in [2.24, 2.45) is 7.05 Å². The number of nitrogens with one attached hydrogen (secondary N) is 1. The second-order valence-electron chi connectivity index (χ2n) is 5.81. The minimum Gasteiger partial charge on any atom is -0.505 e. The number of aromatic nitrogens is 6. The van der Waals surface area contributed by atoms with Gasteiger partial charge in [0, 0.05) is 23.4 Å². The first kappa shape index (κ1) is 16.4. The van der Waals surface area contributed by atoms with Crippen molar-refractivity contribution in [1.82, 2.24) is 34.9 Å². The largest absolute Gasteiger partial charge is 0.505 e. The van der Waals surface area contributed by atoms with E-state index in [-0.39, 0.29) is 11.4 Å². The summed E-state index contributed by atoms with van der Waals surface area (Å²) in [7, 11) is 1.75. The van der Waals surface area contributed by atoms with E-state index >= 15 is 0 Å². The Kier molecular flexibility index (Phi) is 3.69. The lowest BCUT2D eigenvalue weighted by Gasteiger charge is -2.11. The monoisotopic (exact) mass is 367 g/mol. The van der Waals surface area contributed by atoms with Crippen LogP contribution in [0.2, 0.25) is 0 Å². The van der Waals surface area contributed by atoms with Crippen molar-refractivity contribution in [2.45, 2.75) is 0 Å². The smallest absolute Gasteiger partial charge is 0.322 e. The Balaban J connectivity index is 1.92. The summed E-state index contributed by atoms with van der Waals surface area (Å²) in [6.45, 7) is -0.585. The maximum absolute atomic E-state index is 12.4. The molecule has 11 heteroatoms. The lowest BCUT2D eigenvalue weighted by atomic mass is 10.0. The number of carboxylic acid groups (broad SMARTS) is 1. The van der Waals surface area contributed by atoms with Crippen LogP contribution in [0.15, 0.2) is 30.7 Å². The highest BCUT2D eigenvalue weighted by atomic mass is 16.4. The van der Waals surface area contributed by atoms with E-state index in [2.05, 4.69) is 25.7 Å². The number of fused-ring (bicyclic) bond motifs is 3. The Labute approximate surface area is 150 Å². The number of benzene rings is 1. The quantitative estimate of drug-likeness (QED) is 0.463. The number of pyridine rings is 1. The van der Waals surface area contributed by atoms with Crippen LogP contribution in [-0.2, 0) is 11.8 Å². The van der Waals surface area contributed by atoms with E-state index in [0.717, 1.165) is 5.56 Å². The van der Waals surface area contributed by atoms with Crippen molar-refractivity contribution in [2.75, 3.05) is 6.54 Å². The fourth-order valence-corrected chi connectivity index (χ4v) is 2.83. The van der Waals surface area contributed by atoms with Gasteiger partial charge in [0.25, 0.3) is 5.91 Å². The van der Waals surface area contributed by atoms with Crippen molar-refractivity contribution in [3.63, 3.8) is 0 Å². The average molecular weight is 367 g/mol. The van der Waals surface area contributed by atoms with Crippen molar-refractivity contribution in [3.05, 3.63) is 36.4 Å². The predicted octanol–water partition coefficient (Wildman–Crippen LogP) is 0.198. The van der Waals surface area contributed by atoms with E-state index in [0.29, 0.717) is 22.1 Å². The summed E-state index contributed by atoms with van der Waals surface area (Å²) in [5.74, 6) is -2.30. The van der Waals surface area contributed by atoms with E-state index < -0.39 is 18.4 Å². The Morgan fingerprint density at radius 1 is 1.26 bits per heavy atom. The zero-order valence-corrected chi connectivity index (χ0v) is 14.0. The van der Waals surface area contributed by atoms with Gasteiger partial charge in [-0.3, -0.25) is 14.3 Å². The Bertz CT molecular complexity index is 1210. The second kappa shape index (κ2) is 6.05. The number of aryl methyl sites for hydroxylation is 1. The zero-order valence-electron chi connectivity index (χ0n) is 14.0. The molecule has 3 N–H and O–H groups in total. The summed E-state index contributed by atoms with van der Waals surface area (Å²) in [6, 6.07) is 5.14. The van der Waals surface area contributed by atoms with Crippen LogP contribution >= 0.6 is 0 Å². The number of rotatable bonds is 4. The summed E-state index contributed by atoms with van der Waals surface area (Å²) < 4.78 is 2.74. The number of carboxylic acids is 1. The van der Waals surface area contributed by atoms with Crippen LogP contribution in [0.3, 0.4) is 0 Å². The van der Waals surface area contributed by atoms with Gasteiger partial charge in [0.05, 0.1) is 6.20 Å². The molecule has 0 saturated carbocycles. The SMILES string of the molecule is Cn1cc(-c2ccc3c(O)c(C(=O)NCC(=O)O)n4ncnc4c3c2)nn1. The molecule has 3 aromatic heterocycles. The standard InChI is InChI=1S/C16H13N7O4/c1-22-6-11(20-21-22)8-2-3-9-10(4-8)15-18-7-19-23(15)13(14(9)26)16(27)17-5-12(24)25/h2-4,6-7,26H,5H2,1H3,(H,17,27)(H,24,25). The number of carbonyl (C=O) groups excluding carboxylic acids is 1. The van der Waals surface area contributed by atoms with E-state index in [1.165, 1.54) is 10.8 Å². The highest BCUT2D eigenvalue weighted by Gasteiger charge is 2.22. The third kappa shape index (κ3) is 2.70. The predicted molar refractivity (Wildman–Crippen MR) is 92.1 cm³/mol. The number of nitrogens with zero attached hydrogens (tertiary/aromatic N) is 6. The van der Waals surface area contributed by atoms with Crippen molar-refractivity contribution >= 4 is 28.3 Å². The molecule has 0 aliphatic carbocycles. The maximum Gasteiger partial charge on any atom is 0.322 e. The Morgan fingerprint density at radius 3 is 2.78 bits per heavy atom. The summed E-state index contributed by atoms with van der Waals surface area (Å²) in [4.78, 5) is 27.2. The molecule has 0 fully saturated rings. The first-order valence-corrected chi connectivity index (χ1v) is 7.81. The van der Waals surface area contributed by atoms with Crippen molar-refractivity contribution in [3.8, 4) is 17.0 Å². The van der Waals surface area contributed by atoms with Gasteiger partial charge in [0.2, 0.25) is 0 Å². The second-order valence-corrected chi connectivity index (χ2v) is 5.81. The molecule has 0 unspecified atom stereocenters. The molecule has 1 aromatic carbocycles. The van der Waals surface area contributed by atoms with Crippen LogP contribution in [0.5, 0.6) is 5.75 Å². The maximum atomic E-state index is 12.4. The molecule has 136 valence electrons. The van der Waals surface area contributed by atoms with Crippen LogP contribution in [-0.4, -0.2) is 58.2 Å². The molecule has 11 nitrogen and oxygen atoms in total. The third-order valence-electron chi connectivity index (χ3n) is 4.01. The highest BCUT2D eigenvalue weighted by molar-refractivity contribution is 6.07. The number of aromatic hydroxyl groups is 1.